The lowest BCUT2D eigenvalue weighted by molar-refractivity contribution is -0.143. The van der Waals surface area contributed by atoms with E-state index >= 15 is 0 Å². The first-order valence-electron chi connectivity index (χ1n) is 5.19. The summed E-state index contributed by atoms with van der Waals surface area (Å²) in [4.78, 5) is 0. The summed E-state index contributed by atoms with van der Waals surface area (Å²) in [5.74, 6) is 0. The number of hydrogen-bond donors (Lipinski definition) is 1. The molecule has 0 aliphatic rings. The minimum Gasteiger partial charge on any atom is -0.399 e. The highest BCUT2D eigenvalue weighted by Crippen LogP contribution is 2.36. The maximum Gasteiger partial charge on any atom is 0.435 e. The molecule has 0 saturated carbocycles. The predicted molar refractivity (Wildman–Crippen MR) is 58.0 cm³/mol. The molecule has 0 saturated heterocycles. The summed E-state index contributed by atoms with van der Waals surface area (Å²) in [5.41, 5.74) is 2.18. The Bertz CT molecular complexity index is 626. The fraction of sp³-hybridized carbons (Fsp3) is 0.182. The molecule has 0 spiro atoms. The van der Waals surface area contributed by atoms with Gasteiger partial charge in [0.2, 0.25) is 0 Å². The summed E-state index contributed by atoms with van der Waals surface area (Å²) in [6, 6.07) is 4.95. The van der Waals surface area contributed by atoms with Gasteiger partial charge in [0.25, 0.3) is 0 Å². The van der Waals surface area contributed by atoms with Gasteiger partial charge in [-0.1, -0.05) is 6.07 Å². The normalized spacial score (nSPS) is 12.7. The first-order valence-corrected chi connectivity index (χ1v) is 5.19. The average molecular weight is 295 g/mol. The van der Waals surface area contributed by atoms with E-state index < -0.39 is 23.7 Å². The second kappa shape index (κ2) is 4.43. The van der Waals surface area contributed by atoms with Crippen molar-refractivity contribution in [1.82, 2.24) is 9.78 Å². The molecule has 2 rings (SSSR count). The Morgan fingerprint density at radius 2 is 1.60 bits per heavy atom. The minimum absolute atomic E-state index is 0.0385. The summed E-state index contributed by atoms with van der Waals surface area (Å²) < 4.78 is 76.0. The van der Waals surface area contributed by atoms with E-state index in [1.54, 1.807) is 0 Å². The van der Waals surface area contributed by atoms with E-state index in [2.05, 4.69) is 5.10 Å². The molecular formula is C11H7F6N3. The number of benzene rings is 1. The molecule has 3 nitrogen and oxygen atoms in total. The molecule has 20 heavy (non-hydrogen) atoms. The summed E-state index contributed by atoms with van der Waals surface area (Å²) in [7, 11) is 0. The summed E-state index contributed by atoms with van der Waals surface area (Å²) in [6.45, 7) is 0. The molecule has 0 radical (unpaired) electrons. The highest BCUT2D eigenvalue weighted by Gasteiger charge is 2.42. The number of nitrogen functional groups attached to an aromatic ring is 1. The van der Waals surface area contributed by atoms with Crippen molar-refractivity contribution in [2.45, 2.75) is 12.4 Å². The highest BCUT2D eigenvalue weighted by molar-refractivity contribution is 5.48. The molecule has 2 N–H and O–H groups in total. The molecule has 1 aromatic heterocycles. The smallest absolute Gasteiger partial charge is 0.399 e. The monoisotopic (exact) mass is 295 g/mol. The Morgan fingerprint density at radius 1 is 0.950 bits per heavy atom. The van der Waals surface area contributed by atoms with Crippen LogP contribution in [0.15, 0.2) is 30.3 Å². The molecule has 108 valence electrons. The molecule has 1 heterocycles. The lowest BCUT2D eigenvalue weighted by atomic mass is 10.2. The number of rotatable bonds is 1. The van der Waals surface area contributed by atoms with Crippen LogP contribution in [-0.2, 0) is 12.4 Å². The fourth-order valence-corrected chi connectivity index (χ4v) is 1.57. The van der Waals surface area contributed by atoms with E-state index in [-0.39, 0.29) is 22.1 Å². The second-order valence-electron chi connectivity index (χ2n) is 3.92. The van der Waals surface area contributed by atoms with Gasteiger partial charge >= 0.3 is 12.4 Å². The van der Waals surface area contributed by atoms with Gasteiger partial charge in [-0.25, -0.2) is 4.68 Å². The van der Waals surface area contributed by atoms with E-state index in [0.29, 0.717) is 0 Å². The molecular weight excluding hydrogens is 288 g/mol. The minimum atomic E-state index is -4.97. The molecule has 0 aliphatic heterocycles. The topological polar surface area (TPSA) is 43.8 Å². The SMILES string of the molecule is Nc1cccc(-n2nc(C(F)(F)F)cc2C(F)(F)F)c1. The van der Waals surface area contributed by atoms with Gasteiger partial charge in [-0.05, 0) is 18.2 Å². The van der Waals surface area contributed by atoms with Crippen molar-refractivity contribution in [3.05, 3.63) is 41.7 Å². The van der Waals surface area contributed by atoms with E-state index in [1.165, 1.54) is 18.2 Å². The molecule has 0 fully saturated rings. The van der Waals surface area contributed by atoms with Crippen molar-refractivity contribution < 1.29 is 26.3 Å². The Balaban J connectivity index is 2.65. The van der Waals surface area contributed by atoms with Crippen LogP contribution in [0.1, 0.15) is 11.4 Å². The van der Waals surface area contributed by atoms with Crippen molar-refractivity contribution >= 4 is 5.69 Å². The molecule has 0 amide bonds. The largest absolute Gasteiger partial charge is 0.435 e. The number of hydrogen-bond acceptors (Lipinski definition) is 2. The number of aromatic nitrogens is 2. The van der Waals surface area contributed by atoms with Crippen molar-refractivity contribution in [2.75, 3.05) is 5.73 Å². The van der Waals surface area contributed by atoms with Gasteiger partial charge in [0.05, 0.1) is 5.69 Å². The Kier molecular flexibility index (Phi) is 3.15. The van der Waals surface area contributed by atoms with Gasteiger partial charge in [0.15, 0.2) is 5.69 Å². The quantitative estimate of drug-likeness (QED) is 0.646. The van der Waals surface area contributed by atoms with E-state index in [0.717, 1.165) is 6.07 Å². The predicted octanol–water partition coefficient (Wildman–Crippen LogP) is 3.49. The number of alkyl halides is 6. The lowest BCUT2D eigenvalue weighted by Gasteiger charge is -2.10. The highest BCUT2D eigenvalue weighted by atomic mass is 19.4. The molecule has 2 aromatic rings. The van der Waals surface area contributed by atoms with Crippen molar-refractivity contribution in [1.29, 1.82) is 0 Å². The molecule has 0 aliphatic carbocycles. The lowest BCUT2D eigenvalue weighted by Crippen LogP contribution is -2.13. The summed E-state index contributed by atoms with van der Waals surface area (Å²) in [6.07, 6.45) is -9.94. The maximum atomic E-state index is 12.8. The fourth-order valence-electron chi connectivity index (χ4n) is 1.57. The van der Waals surface area contributed by atoms with Crippen LogP contribution in [0, 0.1) is 0 Å². The van der Waals surface area contributed by atoms with Gasteiger partial charge in [-0.15, -0.1) is 0 Å². The van der Waals surface area contributed by atoms with Crippen LogP contribution in [-0.4, -0.2) is 9.78 Å². The molecule has 1 aromatic carbocycles. The Hall–Kier alpha value is -2.19. The maximum absolute atomic E-state index is 12.8. The van der Waals surface area contributed by atoms with Crippen LogP contribution >= 0.6 is 0 Å². The van der Waals surface area contributed by atoms with Crippen LogP contribution in [0.5, 0.6) is 0 Å². The van der Waals surface area contributed by atoms with Crippen molar-refractivity contribution in [2.24, 2.45) is 0 Å². The third-order valence-electron chi connectivity index (χ3n) is 2.41. The van der Waals surface area contributed by atoms with Crippen LogP contribution in [0.4, 0.5) is 32.0 Å². The first kappa shape index (κ1) is 14.2. The third kappa shape index (κ3) is 2.70. The van der Waals surface area contributed by atoms with Gasteiger partial charge in [0.1, 0.15) is 5.69 Å². The molecule has 0 bridgehead atoms. The summed E-state index contributed by atoms with van der Waals surface area (Å²) in [5, 5.41) is 2.98. The van der Waals surface area contributed by atoms with Crippen LogP contribution in [0.25, 0.3) is 5.69 Å². The van der Waals surface area contributed by atoms with Crippen LogP contribution in [0.2, 0.25) is 0 Å². The zero-order chi connectivity index (χ0) is 15.1. The average Bonchev–Trinajstić information content (AvgIpc) is 2.72. The molecule has 0 atom stereocenters. The third-order valence-corrected chi connectivity index (χ3v) is 2.41. The zero-order valence-corrected chi connectivity index (χ0v) is 9.63. The van der Waals surface area contributed by atoms with Crippen LogP contribution < -0.4 is 5.73 Å². The van der Waals surface area contributed by atoms with Gasteiger partial charge in [0, 0.05) is 11.8 Å². The number of nitrogens with zero attached hydrogens (tertiary/aromatic N) is 2. The van der Waals surface area contributed by atoms with Gasteiger partial charge in [-0.3, -0.25) is 0 Å². The Morgan fingerprint density at radius 3 is 2.10 bits per heavy atom. The first-order chi connectivity index (χ1) is 9.09. The van der Waals surface area contributed by atoms with Gasteiger partial charge < -0.3 is 5.73 Å². The van der Waals surface area contributed by atoms with Crippen molar-refractivity contribution in [3.63, 3.8) is 0 Å². The van der Waals surface area contributed by atoms with Gasteiger partial charge in [-0.2, -0.15) is 31.4 Å². The number of anilines is 1. The Labute approximate surface area is 108 Å². The summed E-state index contributed by atoms with van der Waals surface area (Å²) >= 11 is 0. The number of nitrogens with two attached hydrogens (primary N) is 1. The van der Waals surface area contributed by atoms with Crippen LogP contribution in [0.3, 0.4) is 0 Å². The second-order valence-corrected chi connectivity index (χ2v) is 3.92. The zero-order valence-electron chi connectivity index (χ0n) is 9.63. The van der Waals surface area contributed by atoms with E-state index in [1.807, 2.05) is 0 Å². The van der Waals surface area contributed by atoms with E-state index in [9.17, 15) is 26.3 Å². The van der Waals surface area contributed by atoms with Crippen molar-refractivity contribution in [3.8, 4) is 5.69 Å². The van der Waals surface area contributed by atoms with E-state index in [4.69, 9.17) is 5.73 Å². The standard InChI is InChI=1S/C11H7F6N3/c12-10(13,14)8-5-9(11(15,16)17)20(19-8)7-3-1-2-6(18)4-7/h1-5H,18H2. The number of halogens is 6. The molecule has 0 unspecified atom stereocenters. The molecule has 9 heteroatoms.